The maximum atomic E-state index is 12.7. The minimum atomic E-state index is -4.17. The molecule has 1 aliphatic carbocycles. The zero-order chi connectivity index (χ0) is 14.8. The summed E-state index contributed by atoms with van der Waals surface area (Å²) in [5.41, 5.74) is -0.381. The van der Waals surface area contributed by atoms with Gasteiger partial charge in [0.2, 0.25) is 0 Å². The quantitative estimate of drug-likeness (QED) is 0.854. The number of nitriles is 1. The van der Waals surface area contributed by atoms with Gasteiger partial charge in [-0.2, -0.15) is 18.4 Å². The van der Waals surface area contributed by atoms with Crippen LogP contribution in [0.4, 0.5) is 18.9 Å². The highest BCUT2D eigenvalue weighted by atomic mass is 35.5. The number of anilines is 1. The molecule has 1 saturated carbocycles. The Bertz CT molecular complexity index is 514. The first kappa shape index (κ1) is 15.0. The van der Waals surface area contributed by atoms with Gasteiger partial charge in [0.25, 0.3) is 0 Å². The molecule has 0 radical (unpaired) electrons. The average molecular weight is 303 g/mol. The molecule has 2 nitrogen and oxygen atoms in total. The summed E-state index contributed by atoms with van der Waals surface area (Å²) in [6, 6.07) is 9.05. The van der Waals surface area contributed by atoms with Crippen LogP contribution in [0.25, 0.3) is 0 Å². The lowest BCUT2D eigenvalue weighted by atomic mass is 9.77. The standard InChI is InChI=1S/C14H14ClF3N2/c15-11-3-1-2-4-12(11)20-13(9-19)7-5-10(6-8-13)14(16,17)18/h1-4,10,20H,5-8H2. The Morgan fingerprint density at radius 2 is 1.85 bits per heavy atom. The molecule has 0 saturated heterocycles. The molecular weight excluding hydrogens is 289 g/mol. The molecule has 0 aliphatic heterocycles. The molecule has 0 atom stereocenters. The second-order valence-corrected chi connectivity index (χ2v) is 5.52. The van der Waals surface area contributed by atoms with Crippen LogP contribution in [0.5, 0.6) is 0 Å². The number of alkyl halides is 3. The summed E-state index contributed by atoms with van der Waals surface area (Å²) in [7, 11) is 0. The Kier molecular flexibility index (Phi) is 4.14. The molecule has 1 N–H and O–H groups in total. The Balaban J connectivity index is 2.10. The van der Waals surface area contributed by atoms with E-state index in [1.165, 1.54) is 0 Å². The maximum absolute atomic E-state index is 12.7. The molecule has 108 valence electrons. The van der Waals surface area contributed by atoms with Crippen LogP contribution in [-0.4, -0.2) is 11.7 Å². The van der Waals surface area contributed by atoms with Crippen LogP contribution in [0.2, 0.25) is 5.02 Å². The van der Waals surface area contributed by atoms with Gasteiger partial charge in [-0.1, -0.05) is 23.7 Å². The van der Waals surface area contributed by atoms with Crippen molar-refractivity contribution in [1.29, 1.82) is 5.26 Å². The lowest BCUT2D eigenvalue weighted by molar-refractivity contribution is -0.183. The van der Waals surface area contributed by atoms with E-state index in [0.717, 1.165) is 0 Å². The van der Waals surface area contributed by atoms with E-state index in [1.807, 2.05) is 0 Å². The Labute approximate surface area is 120 Å². The SMILES string of the molecule is N#CC1(Nc2ccccc2Cl)CCC(C(F)(F)F)CC1. The predicted molar refractivity (Wildman–Crippen MR) is 71.4 cm³/mol. The molecule has 0 amide bonds. The average Bonchev–Trinajstić information content (AvgIpc) is 2.41. The van der Waals surface area contributed by atoms with E-state index < -0.39 is 17.6 Å². The van der Waals surface area contributed by atoms with Crippen LogP contribution in [0.3, 0.4) is 0 Å². The molecule has 1 aromatic rings. The second-order valence-electron chi connectivity index (χ2n) is 5.11. The number of hydrogen-bond donors (Lipinski definition) is 1. The lowest BCUT2D eigenvalue weighted by Crippen LogP contribution is -2.43. The zero-order valence-corrected chi connectivity index (χ0v) is 11.4. The molecular formula is C14H14ClF3N2. The summed E-state index contributed by atoms with van der Waals surface area (Å²) in [5, 5.41) is 12.8. The molecule has 1 aliphatic rings. The van der Waals surface area contributed by atoms with Crippen molar-refractivity contribution in [3.05, 3.63) is 29.3 Å². The third-order valence-corrected chi connectivity index (χ3v) is 4.09. The van der Waals surface area contributed by atoms with Gasteiger partial charge in [-0.05, 0) is 37.8 Å². The number of hydrogen-bond acceptors (Lipinski definition) is 2. The molecule has 6 heteroatoms. The molecule has 1 aromatic carbocycles. The van der Waals surface area contributed by atoms with Crippen molar-refractivity contribution in [2.45, 2.75) is 37.4 Å². The first-order valence-electron chi connectivity index (χ1n) is 6.37. The number of rotatable bonds is 2. The third-order valence-electron chi connectivity index (χ3n) is 3.76. The molecule has 0 aromatic heterocycles. The van der Waals surface area contributed by atoms with Gasteiger partial charge in [0.1, 0.15) is 5.54 Å². The van der Waals surface area contributed by atoms with E-state index in [0.29, 0.717) is 10.7 Å². The highest BCUT2D eigenvalue weighted by molar-refractivity contribution is 6.33. The van der Waals surface area contributed by atoms with Gasteiger partial charge in [0.15, 0.2) is 0 Å². The van der Waals surface area contributed by atoms with E-state index in [9.17, 15) is 18.4 Å². The topological polar surface area (TPSA) is 35.8 Å². The summed E-state index contributed by atoms with van der Waals surface area (Å²) in [4.78, 5) is 0. The highest BCUT2D eigenvalue weighted by Crippen LogP contribution is 2.42. The van der Waals surface area contributed by atoms with E-state index in [2.05, 4.69) is 11.4 Å². The first-order valence-corrected chi connectivity index (χ1v) is 6.75. The van der Waals surface area contributed by atoms with Crippen LogP contribution >= 0.6 is 11.6 Å². The van der Waals surface area contributed by atoms with Crippen LogP contribution in [0, 0.1) is 17.2 Å². The number of benzene rings is 1. The van der Waals surface area contributed by atoms with Crippen molar-refractivity contribution in [2.24, 2.45) is 5.92 Å². The second kappa shape index (κ2) is 5.53. The fourth-order valence-corrected chi connectivity index (χ4v) is 2.71. The molecule has 0 bridgehead atoms. The molecule has 0 spiro atoms. The summed E-state index contributed by atoms with van der Waals surface area (Å²) >= 11 is 6.01. The van der Waals surface area contributed by atoms with E-state index in [1.54, 1.807) is 24.3 Å². The molecule has 0 unspecified atom stereocenters. The zero-order valence-electron chi connectivity index (χ0n) is 10.7. The number of nitrogens with one attached hydrogen (secondary N) is 1. The van der Waals surface area contributed by atoms with Gasteiger partial charge in [0, 0.05) is 0 Å². The Hall–Kier alpha value is -1.41. The van der Waals surface area contributed by atoms with Crippen molar-refractivity contribution < 1.29 is 13.2 Å². The minimum absolute atomic E-state index is 0.0332. The molecule has 2 rings (SSSR count). The lowest BCUT2D eigenvalue weighted by Gasteiger charge is -2.37. The summed E-state index contributed by atoms with van der Waals surface area (Å²) in [6.07, 6.45) is -3.91. The van der Waals surface area contributed by atoms with Crippen LogP contribution in [-0.2, 0) is 0 Å². The molecule has 1 fully saturated rings. The maximum Gasteiger partial charge on any atom is 0.391 e. The van der Waals surface area contributed by atoms with Gasteiger partial charge >= 0.3 is 6.18 Å². The number of halogens is 4. The van der Waals surface area contributed by atoms with Crippen molar-refractivity contribution in [2.75, 3.05) is 5.32 Å². The third kappa shape index (κ3) is 3.18. The highest BCUT2D eigenvalue weighted by Gasteiger charge is 2.46. The number of nitrogens with zero attached hydrogens (tertiary/aromatic N) is 1. The van der Waals surface area contributed by atoms with E-state index >= 15 is 0 Å². The largest absolute Gasteiger partial charge is 0.391 e. The van der Waals surface area contributed by atoms with Gasteiger partial charge in [-0.25, -0.2) is 0 Å². The monoisotopic (exact) mass is 302 g/mol. The first-order chi connectivity index (χ1) is 9.36. The summed E-state index contributed by atoms with van der Waals surface area (Å²) in [5.74, 6) is -1.31. The van der Waals surface area contributed by atoms with Gasteiger partial charge in [-0.15, -0.1) is 0 Å². The summed E-state index contributed by atoms with van der Waals surface area (Å²) in [6.45, 7) is 0. The van der Waals surface area contributed by atoms with E-state index in [-0.39, 0.29) is 25.7 Å². The fraction of sp³-hybridized carbons (Fsp3) is 0.500. The van der Waals surface area contributed by atoms with Crippen molar-refractivity contribution in [3.63, 3.8) is 0 Å². The van der Waals surface area contributed by atoms with Gasteiger partial charge in [0.05, 0.1) is 22.7 Å². The van der Waals surface area contributed by atoms with Crippen LogP contribution in [0.1, 0.15) is 25.7 Å². The Morgan fingerprint density at radius 1 is 1.25 bits per heavy atom. The Morgan fingerprint density at radius 3 is 2.35 bits per heavy atom. The van der Waals surface area contributed by atoms with Gasteiger partial charge < -0.3 is 5.32 Å². The van der Waals surface area contributed by atoms with Gasteiger partial charge in [-0.3, -0.25) is 0 Å². The normalized spacial score (nSPS) is 26.9. The molecule has 0 heterocycles. The van der Waals surface area contributed by atoms with Crippen molar-refractivity contribution in [1.82, 2.24) is 0 Å². The molecule has 20 heavy (non-hydrogen) atoms. The van der Waals surface area contributed by atoms with Crippen LogP contribution in [0.15, 0.2) is 24.3 Å². The number of para-hydroxylation sites is 1. The van der Waals surface area contributed by atoms with Crippen LogP contribution < -0.4 is 5.32 Å². The minimum Gasteiger partial charge on any atom is -0.366 e. The van der Waals surface area contributed by atoms with E-state index in [4.69, 9.17) is 11.6 Å². The van der Waals surface area contributed by atoms with Crippen molar-refractivity contribution >= 4 is 17.3 Å². The fourth-order valence-electron chi connectivity index (χ4n) is 2.52. The summed E-state index contributed by atoms with van der Waals surface area (Å²) < 4.78 is 38.0. The van der Waals surface area contributed by atoms with Crippen molar-refractivity contribution in [3.8, 4) is 6.07 Å². The predicted octanol–water partition coefficient (Wildman–Crippen LogP) is 4.77. The smallest absolute Gasteiger partial charge is 0.366 e.